The van der Waals surface area contributed by atoms with E-state index in [9.17, 15) is 12.8 Å². The SMILES string of the molecule is CCOc1ccc(-c2nc(CN(C)S(=O)(=O)c3ccc(F)cc3)c(C)o2)cc1. The fourth-order valence-corrected chi connectivity index (χ4v) is 3.77. The molecule has 0 N–H and O–H groups in total. The summed E-state index contributed by atoms with van der Waals surface area (Å²) in [5.74, 6) is 1.20. The first-order valence-electron chi connectivity index (χ1n) is 8.72. The van der Waals surface area contributed by atoms with Gasteiger partial charge >= 0.3 is 0 Å². The zero-order valence-electron chi connectivity index (χ0n) is 15.8. The molecule has 0 unspecified atom stereocenters. The summed E-state index contributed by atoms with van der Waals surface area (Å²) in [7, 11) is -2.32. The number of halogens is 1. The maximum Gasteiger partial charge on any atom is 0.243 e. The number of rotatable bonds is 7. The van der Waals surface area contributed by atoms with Crippen molar-refractivity contribution in [3.8, 4) is 17.2 Å². The van der Waals surface area contributed by atoms with Crippen LogP contribution in [0.2, 0.25) is 0 Å². The number of aryl methyl sites for hydroxylation is 1. The Balaban J connectivity index is 1.80. The van der Waals surface area contributed by atoms with E-state index < -0.39 is 15.8 Å². The van der Waals surface area contributed by atoms with Gasteiger partial charge in [0.1, 0.15) is 17.3 Å². The van der Waals surface area contributed by atoms with Crippen molar-refractivity contribution in [1.82, 2.24) is 9.29 Å². The lowest BCUT2D eigenvalue weighted by molar-refractivity contribution is 0.340. The molecule has 0 atom stereocenters. The van der Waals surface area contributed by atoms with Gasteiger partial charge in [0, 0.05) is 12.6 Å². The predicted molar refractivity (Wildman–Crippen MR) is 103 cm³/mol. The van der Waals surface area contributed by atoms with Crippen LogP contribution in [0.4, 0.5) is 4.39 Å². The molecule has 0 saturated heterocycles. The Bertz CT molecular complexity index is 1040. The molecular formula is C20H21FN2O4S. The molecule has 3 rings (SSSR count). The van der Waals surface area contributed by atoms with Crippen molar-refractivity contribution in [2.45, 2.75) is 25.3 Å². The topological polar surface area (TPSA) is 72.6 Å². The highest BCUT2D eigenvalue weighted by Crippen LogP contribution is 2.25. The van der Waals surface area contributed by atoms with Crippen LogP contribution >= 0.6 is 0 Å². The third kappa shape index (κ3) is 4.23. The van der Waals surface area contributed by atoms with Gasteiger partial charge in [-0.15, -0.1) is 0 Å². The summed E-state index contributed by atoms with van der Waals surface area (Å²) in [6.07, 6.45) is 0. The van der Waals surface area contributed by atoms with Gasteiger partial charge in [-0.05, 0) is 62.4 Å². The summed E-state index contributed by atoms with van der Waals surface area (Å²) < 4.78 is 50.7. The third-order valence-electron chi connectivity index (χ3n) is 4.20. The first-order valence-corrected chi connectivity index (χ1v) is 10.2. The second-order valence-corrected chi connectivity index (χ2v) is 8.24. The largest absolute Gasteiger partial charge is 0.494 e. The van der Waals surface area contributed by atoms with Gasteiger partial charge in [0.25, 0.3) is 0 Å². The van der Waals surface area contributed by atoms with E-state index in [0.717, 1.165) is 27.8 Å². The molecule has 28 heavy (non-hydrogen) atoms. The van der Waals surface area contributed by atoms with Gasteiger partial charge in [-0.2, -0.15) is 4.31 Å². The molecule has 0 saturated carbocycles. The van der Waals surface area contributed by atoms with Crippen LogP contribution in [-0.4, -0.2) is 31.4 Å². The average molecular weight is 404 g/mol. The molecule has 0 radical (unpaired) electrons. The van der Waals surface area contributed by atoms with Crippen LogP contribution in [0.3, 0.4) is 0 Å². The minimum Gasteiger partial charge on any atom is -0.494 e. The molecule has 0 amide bonds. The second kappa shape index (κ2) is 8.12. The van der Waals surface area contributed by atoms with E-state index >= 15 is 0 Å². The van der Waals surface area contributed by atoms with E-state index in [1.165, 1.54) is 19.2 Å². The number of sulfonamides is 1. The number of nitrogens with zero attached hydrogens (tertiary/aromatic N) is 2. The quantitative estimate of drug-likeness (QED) is 0.595. The van der Waals surface area contributed by atoms with Gasteiger partial charge in [-0.25, -0.2) is 17.8 Å². The van der Waals surface area contributed by atoms with Crippen LogP contribution in [-0.2, 0) is 16.6 Å². The van der Waals surface area contributed by atoms with Crippen molar-refractivity contribution in [2.75, 3.05) is 13.7 Å². The Morgan fingerprint density at radius 3 is 2.36 bits per heavy atom. The Labute approximate surface area is 163 Å². The van der Waals surface area contributed by atoms with E-state index in [-0.39, 0.29) is 11.4 Å². The van der Waals surface area contributed by atoms with Crippen LogP contribution in [0.25, 0.3) is 11.5 Å². The number of oxazole rings is 1. The van der Waals surface area contributed by atoms with Crippen molar-refractivity contribution in [3.63, 3.8) is 0 Å². The maximum atomic E-state index is 13.1. The maximum absolute atomic E-state index is 13.1. The van der Waals surface area contributed by atoms with Gasteiger partial charge in [0.2, 0.25) is 15.9 Å². The molecule has 0 spiro atoms. The minimum absolute atomic E-state index is 0.0179. The van der Waals surface area contributed by atoms with Crippen LogP contribution in [0, 0.1) is 12.7 Å². The molecular weight excluding hydrogens is 383 g/mol. The third-order valence-corrected chi connectivity index (χ3v) is 6.02. The smallest absolute Gasteiger partial charge is 0.243 e. The molecule has 1 heterocycles. The Hall–Kier alpha value is -2.71. The molecule has 0 aliphatic heterocycles. The lowest BCUT2D eigenvalue weighted by Crippen LogP contribution is -2.27. The van der Waals surface area contributed by atoms with Crippen molar-refractivity contribution in [2.24, 2.45) is 0 Å². The monoisotopic (exact) mass is 404 g/mol. The minimum atomic E-state index is -3.77. The Morgan fingerprint density at radius 1 is 1.11 bits per heavy atom. The summed E-state index contributed by atoms with van der Waals surface area (Å²) >= 11 is 0. The van der Waals surface area contributed by atoms with E-state index in [1.807, 2.05) is 31.2 Å². The molecule has 148 valence electrons. The summed E-state index contributed by atoms with van der Waals surface area (Å²) in [4.78, 5) is 4.46. The van der Waals surface area contributed by atoms with E-state index in [0.29, 0.717) is 24.0 Å². The van der Waals surface area contributed by atoms with Crippen molar-refractivity contribution in [3.05, 3.63) is 65.8 Å². The van der Waals surface area contributed by atoms with Gasteiger partial charge in [-0.1, -0.05) is 0 Å². The summed E-state index contributed by atoms with van der Waals surface area (Å²) in [5, 5.41) is 0. The molecule has 0 bridgehead atoms. The number of aromatic nitrogens is 1. The zero-order valence-corrected chi connectivity index (χ0v) is 16.7. The fraction of sp³-hybridized carbons (Fsp3) is 0.250. The van der Waals surface area contributed by atoms with Crippen LogP contribution < -0.4 is 4.74 Å². The van der Waals surface area contributed by atoms with Crippen LogP contribution in [0.1, 0.15) is 18.4 Å². The predicted octanol–water partition coefficient (Wildman–Crippen LogP) is 4.01. The van der Waals surface area contributed by atoms with Gasteiger partial charge < -0.3 is 9.15 Å². The Kier molecular flexibility index (Phi) is 5.81. The number of hydrogen-bond acceptors (Lipinski definition) is 5. The van der Waals surface area contributed by atoms with Gasteiger partial charge in [0.15, 0.2) is 0 Å². The van der Waals surface area contributed by atoms with Crippen molar-refractivity contribution in [1.29, 1.82) is 0 Å². The molecule has 3 aromatic rings. The van der Waals surface area contributed by atoms with Gasteiger partial charge in [-0.3, -0.25) is 0 Å². The van der Waals surface area contributed by atoms with Crippen LogP contribution in [0.15, 0.2) is 57.8 Å². The molecule has 0 aliphatic carbocycles. The first-order chi connectivity index (χ1) is 13.3. The normalized spacial score (nSPS) is 11.8. The van der Waals surface area contributed by atoms with Crippen LogP contribution in [0.5, 0.6) is 5.75 Å². The first kappa shape index (κ1) is 20.0. The lowest BCUT2D eigenvalue weighted by Gasteiger charge is -2.16. The number of ether oxygens (including phenoxy) is 1. The highest BCUT2D eigenvalue weighted by Gasteiger charge is 2.23. The summed E-state index contributed by atoms with van der Waals surface area (Å²) in [6, 6.07) is 12.0. The lowest BCUT2D eigenvalue weighted by atomic mass is 10.2. The molecule has 6 nitrogen and oxygen atoms in total. The van der Waals surface area contributed by atoms with Crippen molar-refractivity contribution < 1.29 is 22.0 Å². The van der Waals surface area contributed by atoms with E-state index in [1.54, 1.807) is 6.92 Å². The fourth-order valence-electron chi connectivity index (χ4n) is 2.64. The number of benzene rings is 2. The van der Waals surface area contributed by atoms with E-state index in [4.69, 9.17) is 9.15 Å². The van der Waals surface area contributed by atoms with E-state index in [2.05, 4.69) is 4.98 Å². The molecule has 0 aliphatic rings. The standard InChI is InChI=1S/C20H21FN2O4S/c1-4-26-17-9-5-15(6-10-17)20-22-19(14(2)27-20)13-23(3)28(24,25)18-11-7-16(21)8-12-18/h5-12H,4,13H2,1-3H3. The second-order valence-electron chi connectivity index (χ2n) is 6.19. The average Bonchev–Trinajstić information content (AvgIpc) is 3.03. The molecule has 0 fully saturated rings. The number of hydrogen-bond donors (Lipinski definition) is 0. The molecule has 2 aromatic carbocycles. The summed E-state index contributed by atoms with van der Waals surface area (Å²) in [6.45, 7) is 4.26. The molecule has 8 heteroatoms. The highest BCUT2D eigenvalue weighted by atomic mass is 32.2. The zero-order chi connectivity index (χ0) is 20.3. The Morgan fingerprint density at radius 2 is 1.75 bits per heavy atom. The van der Waals surface area contributed by atoms with Crippen molar-refractivity contribution >= 4 is 10.0 Å². The highest BCUT2D eigenvalue weighted by molar-refractivity contribution is 7.89. The van der Waals surface area contributed by atoms with Gasteiger partial charge in [0.05, 0.1) is 23.7 Å². The summed E-state index contributed by atoms with van der Waals surface area (Å²) in [5.41, 5.74) is 1.28. The molecule has 1 aromatic heterocycles.